The Morgan fingerprint density at radius 1 is 1.10 bits per heavy atom. The molecule has 5 nitrogen and oxygen atoms in total. The molecule has 0 saturated carbocycles. The number of aromatic nitrogens is 3. The van der Waals surface area contributed by atoms with Crippen LogP contribution < -0.4 is 10.2 Å². The van der Waals surface area contributed by atoms with Gasteiger partial charge >= 0.3 is 0 Å². The van der Waals surface area contributed by atoms with Crippen molar-refractivity contribution in [2.45, 2.75) is 23.9 Å². The Bertz CT molecular complexity index is 613. The molecule has 0 radical (unpaired) electrons. The van der Waals surface area contributed by atoms with Crippen molar-refractivity contribution in [1.82, 2.24) is 15.0 Å². The van der Waals surface area contributed by atoms with E-state index in [0.29, 0.717) is 17.1 Å². The van der Waals surface area contributed by atoms with E-state index in [-0.39, 0.29) is 0 Å². The second-order valence-corrected chi connectivity index (χ2v) is 5.77. The third-order valence-corrected chi connectivity index (χ3v) is 3.80. The molecule has 1 N–H and O–H groups in total. The molecule has 1 heterocycles. The van der Waals surface area contributed by atoms with Crippen molar-refractivity contribution in [3.05, 3.63) is 29.3 Å². The van der Waals surface area contributed by atoms with Crippen LogP contribution in [0.25, 0.3) is 0 Å². The number of rotatable bonds is 4. The summed E-state index contributed by atoms with van der Waals surface area (Å²) in [5.74, 6) is 1.23. The molecule has 0 aliphatic heterocycles. The first-order chi connectivity index (χ1) is 9.49. The first-order valence-electron chi connectivity index (χ1n) is 6.36. The van der Waals surface area contributed by atoms with Crippen molar-refractivity contribution in [2.75, 3.05) is 31.4 Å². The molecule has 106 valence electrons. The molecule has 0 spiro atoms. The molecule has 0 unspecified atom stereocenters. The molecular formula is C14H19N5S. The molecule has 1 aromatic carbocycles. The molecule has 0 saturated heterocycles. The summed E-state index contributed by atoms with van der Waals surface area (Å²) in [6, 6.07) is 6.37. The predicted molar refractivity (Wildman–Crippen MR) is 83.7 cm³/mol. The maximum absolute atomic E-state index is 4.47. The van der Waals surface area contributed by atoms with Gasteiger partial charge in [0.2, 0.25) is 11.9 Å². The number of benzene rings is 1. The molecule has 20 heavy (non-hydrogen) atoms. The van der Waals surface area contributed by atoms with Crippen molar-refractivity contribution in [2.24, 2.45) is 0 Å². The lowest BCUT2D eigenvalue weighted by Gasteiger charge is -2.12. The zero-order valence-electron chi connectivity index (χ0n) is 12.4. The van der Waals surface area contributed by atoms with Crippen LogP contribution in [0.2, 0.25) is 0 Å². The number of aryl methyl sites for hydroxylation is 2. The minimum absolute atomic E-state index is 0.580. The van der Waals surface area contributed by atoms with E-state index in [1.54, 1.807) is 18.8 Å². The minimum Gasteiger partial charge on any atom is -0.357 e. The van der Waals surface area contributed by atoms with Gasteiger partial charge in [-0.2, -0.15) is 15.0 Å². The van der Waals surface area contributed by atoms with Crippen molar-refractivity contribution in [3.8, 4) is 0 Å². The van der Waals surface area contributed by atoms with Gasteiger partial charge in [-0.05, 0) is 42.8 Å². The van der Waals surface area contributed by atoms with Crippen LogP contribution in [0.5, 0.6) is 0 Å². The maximum Gasteiger partial charge on any atom is 0.230 e. The molecule has 1 aromatic heterocycles. The number of nitrogens with zero attached hydrogens (tertiary/aromatic N) is 4. The van der Waals surface area contributed by atoms with Crippen LogP contribution in [0.1, 0.15) is 11.1 Å². The maximum atomic E-state index is 4.47. The van der Waals surface area contributed by atoms with Crippen LogP contribution in [0.3, 0.4) is 0 Å². The summed E-state index contributed by atoms with van der Waals surface area (Å²) in [5, 5.41) is 3.67. The Morgan fingerprint density at radius 2 is 1.85 bits per heavy atom. The summed E-state index contributed by atoms with van der Waals surface area (Å²) >= 11 is 1.56. The highest BCUT2D eigenvalue weighted by Gasteiger charge is 2.10. The standard InChI is InChI=1S/C14H19N5S/c1-9-6-7-10(2)11(8-9)20-14-17-12(15-3)16-13(18-14)19(4)5/h6-8H,1-5H3,(H,15,16,17,18). The molecule has 0 fully saturated rings. The Morgan fingerprint density at radius 3 is 2.50 bits per heavy atom. The van der Waals surface area contributed by atoms with E-state index in [1.807, 2.05) is 19.0 Å². The molecular weight excluding hydrogens is 270 g/mol. The average Bonchev–Trinajstić information content (AvgIpc) is 2.42. The van der Waals surface area contributed by atoms with Gasteiger partial charge in [0.15, 0.2) is 5.16 Å². The second kappa shape index (κ2) is 6.09. The van der Waals surface area contributed by atoms with Gasteiger partial charge in [0.05, 0.1) is 0 Å². The van der Waals surface area contributed by atoms with E-state index in [0.717, 1.165) is 0 Å². The van der Waals surface area contributed by atoms with Crippen molar-refractivity contribution >= 4 is 23.7 Å². The highest BCUT2D eigenvalue weighted by molar-refractivity contribution is 7.99. The normalized spacial score (nSPS) is 10.4. The lowest BCUT2D eigenvalue weighted by Crippen LogP contribution is -2.15. The lowest BCUT2D eigenvalue weighted by atomic mass is 10.2. The third kappa shape index (κ3) is 3.39. The summed E-state index contributed by atoms with van der Waals surface area (Å²) in [5.41, 5.74) is 2.45. The fraction of sp³-hybridized carbons (Fsp3) is 0.357. The van der Waals surface area contributed by atoms with Crippen LogP contribution >= 0.6 is 11.8 Å². The lowest BCUT2D eigenvalue weighted by molar-refractivity contribution is 0.870. The summed E-state index contributed by atoms with van der Waals surface area (Å²) in [6.45, 7) is 4.18. The highest BCUT2D eigenvalue weighted by atomic mass is 32.2. The SMILES string of the molecule is CNc1nc(Sc2cc(C)ccc2C)nc(N(C)C)n1. The van der Waals surface area contributed by atoms with E-state index < -0.39 is 0 Å². The second-order valence-electron chi connectivity index (χ2n) is 4.76. The molecule has 0 bridgehead atoms. The van der Waals surface area contributed by atoms with E-state index in [9.17, 15) is 0 Å². The summed E-state index contributed by atoms with van der Waals surface area (Å²) < 4.78 is 0. The Balaban J connectivity index is 2.37. The Labute approximate surface area is 123 Å². The topological polar surface area (TPSA) is 53.9 Å². The van der Waals surface area contributed by atoms with Crippen molar-refractivity contribution in [3.63, 3.8) is 0 Å². The molecule has 0 atom stereocenters. The number of nitrogens with one attached hydrogen (secondary N) is 1. The summed E-state index contributed by atoms with van der Waals surface area (Å²) in [7, 11) is 5.64. The summed E-state index contributed by atoms with van der Waals surface area (Å²) in [6.07, 6.45) is 0. The van der Waals surface area contributed by atoms with E-state index in [4.69, 9.17) is 0 Å². The fourth-order valence-corrected chi connectivity index (χ4v) is 2.55. The van der Waals surface area contributed by atoms with Gasteiger partial charge in [0.25, 0.3) is 0 Å². The van der Waals surface area contributed by atoms with Crippen LogP contribution in [0, 0.1) is 13.8 Å². The molecule has 0 aliphatic carbocycles. The quantitative estimate of drug-likeness (QED) is 0.934. The summed E-state index contributed by atoms with van der Waals surface area (Å²) in [4.78, 5) is 16.2. The van der Waals surface area contributed by atoms with Crippen LogP contribution in [0.15, 0.2) is 28.3 Å². The number of hydrogen-bond acceptors (Lipinski definition) is 6. The van der Waals surface area contributed by atoms with Gasteiger partial charge < -0.3 is 10.2 Å². The van der Waals surface area contributed by atoms with Crippen molar-refractivity contribution in [1.29, 1.82) is 0 Å². The Hall–Kier alpha value is -1.82. The smallest absolute Gasteiger partial charge is 0.230 e. The largest absolute Gasteiger partial charge is 0.357 e. The van der Waals surface area contributed by atoms with E-state index in [1.165, 1.54) is 16.0 Å². The third-order valence-electron chi connectivity index (χ3n) is 2.77. The zero-order chi connectivity index (χ0) is 14.7. The van der Waals surface area contributed by atoms with Gasteiger partial charge in [0.1, 0.15) is 0 Å². The molecule has 2 rings (SSSR count). The van der Waals surface area contributed by atoms with Gasteiger partial charge in [-0.25, -0.2) is 0 Å². The predicted octanol–water partition coefficient (Wildman–Crippen LogP) is 2.75. The van der Waals surface area contributed by atoms with Crippen LogP contribution in [0.4, 0.5) is 11.9 Å². The monoisotopic (exact) mass is 289 g/mol. The zero-order valence-corrected chi connectivity index (χ0v) is 13.2. The van der Waals surface area contributed by atoms with Crippen molar-refractivity contribution < 1.29 is 0 Å². The Kier molecular flexibility index (Phi) is 4.44. The molecule has 0 amide bonds. The van der Waals surface area contributed by atoms with E-state index in [2.05, 4.69) is 52.3 Å². The van der Waals surface area contributed by atoms with Gasteiger partial charge in [0, 0.05) is 26.0 Å². The van der Waals surface area contributed by atoms with Gasteiger partial charge in [-0.1, -0.05) is 12.1 Å². The highest BCUT2D eigenvalue weighted by Crippen LogP contribution is 2.29. The first-order valence-corrected chi connectivity index (χ1v) is 7.17. The fourth-order valence-electron chi connectivity index (χ4n) is 1.62. The average molecular weight is 289 g/mol. The molecule has 6 heteroatoms. The van der Waals surface area contributed by atoms with Gasteiger partial charge in [-0.3, -0.25) is 0 Å². The minimum atomic E-state index is 0.580. The van der Waals surface area contributed by atoms with Gasteiger partial charge in [-0.15, -0.1) is 0 Å². The first kappa shape index (κ1) is 14.6. The van der Waals surface area contributed by atoms with E-state index >= 15 is 0 Å². The number of anilines is 2. The molecule has 2 aromatic rings. The van der Waals surface area contributed by atoms with Crippen LogP contribution in [-0.4, -0.2) is 36.1 Å². The molecule has 0 aliphatic rings. The number of hydrogen-bond donors (Lipinski definition) is 1. The van der Waals surface area contributed by atoms with Crippen LogP contribution in [-0.2, 0) is 0 Å².